The molecule has 1 aliphatic heterocycles. The van der Waals surface area contributed by atoms with Gasteiger partial charge < -0.3 is 5.73 Å². The summed E-state index contributed by atoms with van der Waals surface area (Å²) in [5, 5.41) is 0. The van der Waals surface area contributed by atoms with E-state index in [1.165, 1.54) is 19.4 Å². The van der Waals surface area contributed by atoms with Crippen LogP contribution in [0.5, 0.6) is 0 Å². The van der Waals surface area contributed by atoms with Gasteiger partial charge in [0.25, 0.3) is 0 Å². The lowest BCUT2D eigenvalue weighted by atomic mass is 10.2. The molecule has 0 spiro atoms. The molecular formula is C11H22N2. The van der Waals surface area contributed by atoms with E-state index in [9.17, 15) is 0 Å². The van der Waals surface area contributed by atoms with Crippen molar-refractivity contribution in [3.63, 3.8) is 0 Å². The fraction of sp³-hybridized carbons (Fsp3) is 0.818. The molecule has 0 aromatic carbocycles. The third-order valence-electron chi connectivity index (χ3n) is 2.63. The number of nitrogens with two attached hydrogens (primary N) is 1. The number of hydrogen-bond donors (Lipinski definition) is 1. The van der Waals surface area contributed by atoms with Crippen molar-refractivity contribution in [1.29, 1.82) is 0 Å². The number of allylic oxidation sites excluding steroid dienone is 1. The van der Waals surface area contributed by atoms with Crippen molar-refractivity contribution in [2.24, 2.45) is 11.7 Å². The van der Waals surface area contributed by atoms with Crippen LogP contribution in [0.15, 0.2) is 12.2 Å². The normalized spacial score (nSPS) is 25.1. The van der Waals surface area contributed by atoms with Crippen LogP contribution in [0.25, 0.3) is 0 Å². The van der Waals surface area contributed by atoms with Gasteiger partial charge in [-0.3, -0.25) is 4.90 Å². The first kappa shape index (κ1) is 10.7. The highest BCUT2D eigenvalue weighted by Gasteiger charge is 2.21. The van der Waals surface area contributed by atoms with Gasteiger partial charge in [0.2, 0.25) is 0 Å². The molecule has 0 radical (unpaired) electrons. The summed E-state index contributed by atoms with van der Waals surface area (Å²) < 4.78 is 0. The summed E-state index contributed by atoms with van der Waals surface area (Å²) in [5.41, 5.74) is 5.69. The lowest BCUT2D eigenvalue weighted by molar-refractivity contribution is 0.286. The SMILES string of the molecule is CC(C)C=CCN1CCC[C@H]1CN. The van der Waals surface area contributed by atoms with E-state index in [0.717, 1.165) is 13.1 Å². The Balaban J connectivity index is 2.27. The lowest BCUT2D eigenvalue weighted by Gasteiger charge is -2.21. The summed E-state index contributed by atoms with van der Waals surface area (Å²) in [6, 6.07) is 0.636. The number of rotatable bonds is 4. The molecule has 0 aromatic heterocycles. The van der Waals surface area contributed by atoms with Crippen LogP contribution in [0.1, 0.15) is 26.7 Å². The molecule has 2 N–H and O–H groups in total. The minimum absolute atomic E-state index is 0.636. The van der Waals surface area contributed by atoms with E-state index in [-0.39, 0.29) is 0 Å². The second-order valence-corrected chi connectivity index (χ2v) is 4.20. The number of likely N-dealkylation sites (tertiary alicyclic amines) is 1. The second kappa shape index (κ2) is 5.40. The highest BCUT2D eigenvalue weighted by molar-refractivity contribution is 4.91. The van der Waals surface area contributed by atoms with Gasteiger partial charge in [-0.05, 0) is 25.3 Å². The van der Waals surface area contributed by atoms with E-state index >= 15 is 0 Å². The van der Waals surface area contributed by atoms with Crippen LogP contribution < -0.4 is 5.73 Å². The van der Waals surface area contributed by atoms with E-state index in [1.54, 1.807) is 0 Å². The summed E-state index contributed by atoms with van der Waals surface area (Å²) >= 11 is 0. The van der Waals surface area contributed by atoms with Gasteiger partial charge in [0, 0.05) is 19.1 Å². The lowest BCUT2D eigenvalue weighted by Crippen LogP contribution is -2.35. The maximum absolute atomic E-state index is 5.69. The molecule has 13 heavy (non-hydrogen) atoms. The van der Waals surface area contributed by atoms with E-state index in [0.29, 0.717) is 12.0 Å². The molecule has 0 bridgehead atoms. The van der Waals surface area contributed by atoms with Crippen LogP contribution in [0.3, 0.4) is 0 Å². The average Bonchev–Trinajstić information content (AvgIpc) is 2.51. The van der Waals surface area contributed by atoms with Crippen LogP contribution >= 0.6 is 0 Å². The van der Waals surface area contributed by atoms with Gasteiger partial charge in [-0.1, -0.05) is 26.0 Å². The highest BCUT2D eigenvalue weighted by Crippen LogP contribution is 2.15. The zero-order chi connectivity index (χ0) is 9.68. The van der Waals surface area contributed by atoms with Crippen LogP contribution in [0.2, 0.25) is 0 Å². The van der Waals surface area contributed by atoms with Crippen LogP contribution in [0.4, 0.5) is 0 Å². The first-order valence-corrected chi connectivity index (χ1v) is 5.35. The first-order chi connectivity index (χ1) is 6.24. The Morgan fingerprint density at radius 2 is 2.31 bits per heavy atom. The standard InChI is InChI=1S/C11H22N2/c1-10(2)5-3-7-13-8-4-6-11(13)9-12/h3,5,10-11H,4,6-9,12H2,1-2H3/t11-/m0/s1. The van der Waals surface area contributed by atoms with Crippen LogP contribution in [0, 0.1) is 5.92 Å². The molecule has 2 nitrogen and oxygen atoms in total. The number of nitrogens with zero attached hydrogens (tertiary/aromatic N) is 1. The van der Waals surface area contributed by atoms with Gasteiger partial charge in [-0.2, -0.15) is 0 Å². The molecule has 1 saturated heterocycles. The van der Waals surface area contributed by atoms with Crippen LogP contribution in [-0.4, -0.2) is 30.6 Å². The Morgan fingerprint density at radius 3 is 2.92 bits per heavy atom. The highest BCUT2D eigenvalue weighted by atomic mass is 15.2. The second-order valence-electron chi connectivity index (χ2n) is 4.20. The van der Waals surface area contributed by atoms with Crippen molar-refractivity contribution in [1.82, 2.24) is 4.90 Å². The Morgan fingerprint density at radius 1 is 1.54 bits per heavy atom. The van der Waals surface area contributed by atoms with Gasteiger partial charge in [0.05, 0.1) is 0 Å². The van der Waals surface area contributed by atoms with E-state index in [2.05, 4.69) is 30.9 Å². The minimum Gasteiger partial charge on any atom is -0.329 e. The molecule has 1 heterocycles. The quantitative estimate of drug-likeness (QED) is 0.669. The maximum Gasteiger partial charge on any atom is 0.0222 e. The molecule has 0 aliphatic carbocycles. The molecule has 1 fully saturated rings. The molecule has 76 valence electrons. The van der Waals surface area contributed by atoms with Gasteiger partial charge in [-0.15, -0.1) is 0 Å². The van der Waals surface area contributed by atoms with Crippen molar-refractivity contribution < 1.29 is 0 Å². The third-order valence-corrected chi connectivity index (χ3v) is 2.63. The molecule has 0 amide bonds. The summed E-state index contributed by atoms with van der Waals surface area (Å²) in [7, 11) is 0. The van der Waals surface area contributed by atoms with Gasteiger partial charge in [0.1, 0.15) is 0 Å². The van der Waals surface area contributed by atoms with Crippen molar-refractivity contribution in [2.75, 3.05) is 19.6 Å². The topological polar surface area (TPSA) is 29.3 Å². The molecule has 1 rings (SSSR count). The minimum atomic E-state index is 0.636. The molecule has 0 unspecified atom stereocenters. The Kier molecular flexibility index (Phi) is 4.46. The molecule has 2 heteroatoms. The largest absolute Gasteiger partial charge is 0.329 e. The third kappa shape index (κ3) is 3.49. The smallest absolute Gasteiger partial charge is 0.0222 e. The molecule has 0 aromatic rings. The van der Waals surface area contributed by atoms with Crippen molar-refractivity contribution >= 4 is 0 Å². The zero-order valence-corrected chi connectivity index (χ0v) is 8.87. The van der Waals surface area contributed by atoms with Crippen molar-refractivity contribution in [3.05, 3.63) is 12.2 Å². The number of hydrogen-bond acceptors (Lipinski definition) is 2. The van der Waals surface area contributed by atoms with Gasteiger partial charge in [-0.25, -0.2) is 0 Å². The Hall–Kier alpha value is -0.340. The molecule has 0 saturated carbocycles. The predicted octanol–water partition coefficient (Wildman–Crippen LogP) is 1.62. The summed E-state index contributed by atoms with van der Waals surface area (Å²) in [4.78, 5) is 2.49. The van der Waals surface area contributed by atoms with Gasteiger partial charge in [0.15, 0.2) is 0 Å². The van der Waals surface area contributed by atoms with E-state index in [4.69, 9.17) is 5.73 Å². The zero-order valence-electron chi connectivity index (χ0n) is 8.87. The van der Waals surface area contributed by atoms with Gasteiger partial charge >= 0.3 is 0 Å². The maximum atomic E-state index is 5.69. The van der Waals surface area contributed by atoms with E-state index < -0.39 is 0 Å². The predicted molar refractivity (Wildman–Crippen MR) is 57.6 cm³/mol. The fourth-order valence-corrected chi connectivity index (χ4v) is 1.87. The monoisotopic (exact) mass is 182 g/mol. The first-order valence-electron chi connectivity index (χ1n) is 5.35. The molecule has 1 atom stereocenters. The Bertz CT molecular complexity index is 163. The summed E-state index contributed by atoms with van der Waals surface area (Å²) in [6.07, 6.45) is 7.15. The average molecular weight is 182 g/mol. The molecule has 1 aliphatic rings. The van der Waals surface area contributed by atoms with Crippen LogP contribution in [-0.2, 0) is 0 Å². The van der Waals surface area contributed by atoms with Crippen molar-refractivity contribution in [2.45, 2.75) is 32.7 Å². The molecular weight excluding hydrogens is 160 g/mol. The van der Waals surface area contributed by atoms with Crippen molar-refractivity contribution in [3.8, 4) is 0 Å². The summed E-state index contributed by atoms with van der Waals surface area (Å²) in [5.74, 6) is 0.666. The van der Waals surface area contributed by atoms with E-state index in [1.807, 2.05) is 0 Å². The Labute approximate surface area is 81.8 Å². The summed E-state index contributed by atoms with van der Waals surface area (Å²) in [6.45, 7) is 7.54. The fourth-order valence-electron chi connectivity index (χ4n) is 1.87.